The van der Waals surface area contributed by atoms with E-state index in [-0.39, 0.29) is 56.5 Å². The predicted octanol–water partition coefficient (Wildman–Crippen LogP) is 4.13. The molecule has 0 aliphatic rings. The van der Waals surface area contributed by atoms with E-state index in [0.717, 1.165) is 10.7 Å². The maximum absolute atomic E-state index is 12.9. The van der Waals surface area contributed by atoms with Gasteiger partial charge in [-0.2, -0.15) is 28.2 Å². The Bertz CT molecular complexity index is 1510. The van der Waals surface area contributed by atoms with Crippen LogP contribution in [0.4, 0.5) is 33.6 Å². The molecule has 3 heterocycles. The second kappa shape index (κ2) is 11.7. The SMILES string of the molecule is Cn1nc(C(F)(F)F)cc1C(O)NCc1ccc(Cl)c(Nc2nc3nc(OCC(F)F)c(C(N)O)cc3[nH]2)c1Cl. The molecule has 40 heavy (non-hydrogen) atoms. The monoisotopic (exact) mass is 610 g/mol. The molecular weight excluding hydrogens is 590 g/mol. The second-order valence-electron chi connectivity index (χ2n) is 8.37. The number of hydrogen-bond donors (Lipinski definition) is 6. The van der Waals surface area contributed by atoms with Crippen LogP contribution in [0, 0.1) is 0 Å². The van der Waals surface area contributed by atoms with E-state index >= 15 is 0 Å². The first-order chi connectivity index (χ1) is 18.7. The number of aliphatic hydroxyl groups is 2. The quantitative estimate of drug-likeness (QED) is 0.115. The van der Waals surface area contributed by atoms with Crippen LogP contribution >= 0.6 is 23.2 Å². The van der Waals surface area contributed by atoms with Gasteiger partial charge in [0.15, 0.2) is 17.9 Å². The molecule has 0 aliphatic heterocycles. The van der Waals surface area contributed by atoms with Crippen molar-refractivity contribution < 1.29 is 36.9 Å². The number of imidazole rings is 1. The van der Waals surface area contributed by atoms with Crippen LogP contribution in [0.5, 0.6) is 5.88 Å². The third kappa shape index (κ3) is 6.54. The number of hydrogen-bond acceptors (Lipinski definition) is 9. The molecule has 2 atom stereocenters. The van der Waals surface area contributed by atoms with Gasteiger partial charge in [0.05, 0.1) is 32.5 Å². The summed E-state index contributed by atoms with van der Waals surface area (Å²) in [7, 11) is 1.26. The number of halogens is 7. The fourth-order valence-electron chi connectivity index (χ4n) is 3.62. The van der Waals surface area contributed by atoms with Gasteiger partial charge < -0.3 is 31.0 Å². The Balaban J connectivity index is 1.55. The molecule has 4 rings (SSSR count). The lowest BCUT2D eigenvalue weighted by atomic mass is 10.2. The van der Waals surface area contributed by atoms with Crippen molar-refractivity contribution in [3.05, 3.63) is 56.8 Å². The van der Waals surface area contributed by atoms with Crippen molar-refractivity contribution in [1.29, 1.82) is 0 Å². The minimum absolute atomic E-state index is 0.0405. The Morgan fingerprint density at radius 1 is 1.18 bits per heavy atom. The number of aromatic amines is 1. The lowest BCUT2D eigenvalue weighted by molar-refractivity contribution is -0.141. The second-order valence-corrected chi connectivity index (χ2v) is 9.15. The summed E-state index contributed by atoms with van der Waals surface area (Å²) < 4.78 is 69.9. The molecule has 0 amide bonds. The summed E-state index contributed by atoms with van der Waals surface area (Å²) in [5.74, 6) is -0.242. The zero-order chi connectivity index (χ0) is 29.4. The first-order valence-electron chi connectivity index (χ1n) is 11.3. The van der Waals surface area contributed by atoms with Crippen molar-refractivity contribution in [3.63, 3.8) is 0 Å². The van der Waals surface area contributed by atoms with Crippen LogP contribution in [0.3, 0.4) is 0 Å². The highest BCUT2D eigenvalue weighted by atomic mass is 35.5. The van der Waals surface area contributed by atoms with Crippen LogP contribution in [0.25, 0.3) is 11.2 Å². The molecular formula is C22H21Cl2F5N8O3. The highest BCUT2D eigenvalue weighted by Gasteiger charge is 2.35. The third-order valence-corrected chi connectivity index (χ3v) is 6.26. The van der Waals surface area contributed by atoms with E-state index < -0.39 is 37.4 Å². The van der Waals surface area contributed by atoms with Crippen LogP contribution < -0.4 is 21.1 Å². The van der Waals surface area contributed by atoms with Crippen molar-refractivity contribution in [3.8, 4) is 5.88 Å². The van der Waals surface area contributed by atoms with Crippen LogP contribution in [-0.2, 0) is 19.8 Å². The number of rotatable bonds is 10. The minimum atomic E-state index is -4.67. The van der Waals surface area contributed by atoms with Crippen molar-refractivity contribution in [2.45, 2.75) is 31.6 Å². The average Bonchev–Trinajstić information content (AvgIpc) is 3.46. The van der Waals surface area contributed by atoms with Gasteiger partial charge >= 0.3 is 6.18 Å². The molecule has 0 radical (unpaired) electrons. The van der Waals surface area contributed by atoms with Crippen LogP contribution in [0.2, 0.25) is 10.0 Å². The number of nitrogens with one attached hydrogen (secondary N) is 3. The number of alkyl halides is 5. The molecule has 2 unspecified atom stereocenters. The number of benzene rings is 1. The summed E-state index contributed by atoms with van der Waals surface area (Å²) in [5.41, 5.74) is 5.08. The summed E-state index contributed by atoms with van der Waals surface area (Å²) >= 11 is 12.8. The van der Waals surface area contributed by atoms with Gasteiger partial charge in [-0.25, -0.2) is 8.78 Å². The molecule has 0 aliphatic carbocycles. The summed E-state index contributed by atoms with van der Waals surface area (Å²) in [4.78, 5) is 11.1. The Kier molecular flexibility index (Phi) is 8.67. The maximum atomic E-state index is 12.9. The number of anilines is 2. The van der Waals surface area contributed by atoms with E-state index in [2.05, 4.69) is 30.7 Å². The molecule has 216 valence electrons. The smallest absolute Gasteiger partial charge is 0.435 e. The number of aryl methyl sites for hydroxylation is 1. The van der Waals surface area contributed by atoms with Crippen LogP contribution in [0.15, 0.2) is 24.3 Å². The molecule has 0 bridgehead atoms. The maximum Gasteiger partial charge on any atom is 0.435 e. The summed E-state index contributed by atoms with van der Waals surface area (Å²) in [5, 5.41) is 29.4. The van der Waals surface area contributed by atoms with Gasteiger partial charge in [-0.3, -0.25) is 10.00 Å². The van der Waals surface area contributed by atoms with Crippen molar-refractivity contribution in [1.82, 2.24) is 30.0 Å². The molecule has 7 N–H and O–H groups in total. The highest BCUT2D eigenvalue weighted by molar-refractivity contribution is 6.39. The Hall–Kier alpha value is -3.28. The van der Waals surface area contributed by atoms with Crippen molar-refractivity contribution in [2.24, 2.45) is 12.8 Å². The Labute approximate surface area is 232 Å². The highest BCUT2D eigenvalue weighted by Crippen LogP contribution is 2.36. The molecule has 0 saturated carbocycles. The number of nitrogens with zero attached hydrogens (tertiary/aromatic N) is 4. The number of aliphatic hydroxyl groups excluding tert-OH is 2. The summed E-state index contributed by atoms with van der Waals surface area (Å²) in [6.45, 7) is -1.05. The number of nitrogens with two attached hydrogens (primary N) is 1. The fraction of sp³-hybridized carbons (Fsp3) is 0.318. The topological polar surface area (TPSA) is 159 Å². The number of aromatic nitrogens is 5. The summed E-state index contributed by atoms with van der Waals surface area (Å²) in [6.07, 6.45) is -10.5. The van der Waals surface area contributed by atoms with E-state index in [0.29, 0.717) is 5.56 Å². The molecule has 0 saturated heterocycles. The zero-order valence-electron chi connectivity index (χ0n) is 20.3. The molecule has 0 fully saturated rings. The van der Waals surface area contributed by atoms with E-state index in [1.807, 2.05) is 0 Å². The summed E-state index contributed by atoms with van der Waals surface area (Å²) in [6, 6.07) is 5.09. The number of ether oxygens (including phenoxy) is 1. The first kappa shape index (κ1) is 29.7. The van der Waals surface area contributed by atoms with E-state index in [9.17, 15) is 32.2 Å². The van der Waals surface area contributed by atoms with Crippen molar-refractivity contribution in [2.75, 3.05) is 11.9 Å². The number of H-pyrrole nitrogens is 1. The largest absolute Gasteiger partial charge is 0.471 e. The molecule has 3 aromatic heterocycles. The van der Waals surface area contributed by atoms with Gasteiger partial charge in [0, 0.05) is 13.6 Å². The number of fused-ring (bicyclic) bond motifs is 1. The zero-order valence-corrected chi connectivity index (χ0v) is 21.8. The lowest BCUT2D eigenvalue weighted by Crippen LogP contribution is -2.23. The molecule has 11 nitrogen and oxygen atoms in total. The molecule has 0 spiro atoms. The standard InChI is InChI=1S/C22H21Cl2F5N8O3/c1-37-12(5-13(36-37)22(27,28)29)19(39)31-6-8-2-3-10(23)16(15(8)24)33-21-32-11-4-9(17(30)38)20(34-18(11)35-21)40-7-14(25)26/h2-5,14,17,19,31,38-39H,6-7,30H2,1H3,(H2,32,33,34,35). The van der Waals surface area contributed by atoms with Crippen molar-refractivity contribution >= 4 is 46.0 Å². The van der Waals surface area contributed by atoms with E-state index in [4.69, 9.17) is 33.7 Å². The van der Waals surface area contributed by atoms with Gasteiger partial charge in [-0.05, 0) is 23.8 Å². The average molecular weight is 611 g/mol. The molecule has 18 heteroatoms. The lowest BCUT2D eigenvalue weighted by Gasteiger charge is -2.16. The Morgan fingerprint density at radius 2 is 1.90 bits per heavy atom. The van der Waals surface area contributed by atoms with Crippen LogP contribution in [0.1, 0.15) is 35.0 Å². The van der Waals surface area contributed by atoms with Gasteiger partial charge in [-0.1, -0.05) is 29.3 Å². The fourth-order valence-corrected chi connectivity index (χ4v) is 4.15. The van der Waals surface area contributed by atoms with Gasteiger partial charge in [-0.15, -0.1) is 0 Å². The van der Waals surface area contributed by atoms with Crippen LogP contribution in [-0.4, -0.2) is 48.0 Å². The van der Waals surface area contributed by atoms with Gasteiger partial charge in [0.1, 0.15) is 12.5 Å². The normalized spacial score (nSPS) is 13.7. The predicted molar refractivity (Wildman–Crippen MR) is 134 cm³/mol. The Morgan fingerprint density at radius 3 is 2.52 bits per heavy atom. The van der Waals surface area contributed by atoms with E-state index in [1.54, 1.807) is 6.07 Å². The third-order valence-electron chi connectivity index (χ3n) is 5.52. The van der Waals surface area contributed by atoms with Gasteiger partial charge in [0.25, 0.3) is 6.43 Å². The number of pyridine rings is 1. The van der Waals surface area contributed by atoms with E-state index in [1.165, 1.54) is 19.2 Å². The molecule has 4 aromatic rings. The molecule has 1 aromatic carbocycles. The first-order valence-corrected chi connectivity index (χ1v) is 12.0. The van der Waals surface area contributed by atoms with Gasteiger partial charge in [0.2, 0.25) is 11.8 Å². The minimum Gasteiger partial charge on any atom is -0.471 e.